The summed E-state index contributed by atoms with van der Waals surface area (Å²) in [6.07, 6.45) is 0. The van der Waals surface area contributed by atoms with Crippen LogP contribution in [0.3, 0.4) is 0 Å². The molecule has 0 radical (unpaired) electrons. The highest BCUT2D eigenvalue weighted by atomic mass is 32.2. The van der Waals surface area contributed by atoms with Crippen LogP contribution in [0, 0.1) is 5.82 Å². The molecule has 96 valence electrons. The lowest BCUT2D eigenvalue weighted by molar-refractivity contribution is 0.257. The van der Waals surface area contributed by atoms with Crippen LogP contribution >= 0.6 is 0 Å². The highest BCUT2D eigenvalue weighted by molar-refractivity contribution is 7.89. The van der Waals surface area contributed by atoms with E-state index in [4.69, 9.17) is 10.8 Å². The molecule has 0 fully saturated rings. The summed E-state index contributed by atoms with van der Waals surface area (Å²) in [7, 11) is -3.78. The minimum Gasteiger partial charge on any atom is -0.398 e. The van der Waals surface area contributed by atoms with E-state index >= 15 is 0 Å². The number of nitrogens with two attached hydrogens (primary N) is 1. The Hall–Kier alpha value is -1.18. The molecule has 0 bridgehead atoms. The second kappa shape index (κ2) is 5.44. The smallest absolute Gasteiger partial charge is 0.245 e. The lowest BCUT2D eigenvalue weighted by Gasteiger charge is -2.20. The molecule has 0 aliphatic heterocycles. The molecule has 0 unspecified atom stereocenters. The van der Waals surface area contributed by atoms with Crippen molar-refractivity contribution >= 4 is 15.7 Å². The van der Waals surface area contributed by atoms with Crippen LogP contribution in [0.25, 0.3) is 0 Å². The molecule has 5 nitrogen and oxygen atoms in total. The number of anilines is 1. The molecule has 0 aromatic heterocycles. The van der Waals surface area contributed by atoms with E-state index < -0.39 is 15.8 Å². The zero-order valence-electron chi connectivity index (χ0n) is 9.43. The number of benzene rings is 1. The van der Waals surface area contributed by atoms with Crippen molar-refractivity contribution in [3.05, 3.63) is 24.0 Å². The van der Waals surface area contributed by atoms with Gasteiger partial charge in [0, 0.05) is 13.1 Å². The van der Waals surface area contributed by atoms with Crippen molar-refractivity contribution in [1.29, 1.82) is 0 Å². The van der Waals surface area contributed by atoms with Crippen LogP contribution in [-0.2, 0) is 10.0 Å². The lowest BCUT2D eigenvalue weighted by Crippen LogP contribution is -2.33. The number of likely N-dealkylation sites (N-methyl/N-ethyl adjacent to an activating group) is 1. The summed E-state index contributed by atoms with van der Waals surface area (Å²) in [5.41, 5.74) is 5.35. The van der Waals surface area contributed by atoms with Crippen molar-refractivity contribution in [2.45, 2.75) is 11.8 Å². The van der Waals surface area contributed by atoms with E-state index in [9.17, 15) is 12.8 Å². The van der Waals surface area contributed by atoms with Crippen molar-refractivity contribution in [2.75, 3.05) is 25.4 Å². The predicted octanol–water partition coefficient (Wildman–Crippen LogP) is 0.411. The lowest BCUT2D eigenvalue weighted by atomic mass is 10.3. The molecule has 0 aliphatic rings. The quantitative estimate of drug-likeness (QED) is 0.753. The number of hydrogen-bond acceptors (Lipinski definition) is 4. The van der Waals surface area contributed by atoms with Crippen LogP contribution in [0.15, 0.2) is 23.1 Å². The van der Waals surface area contributed by atoms with Crippen LogP contribution in [-0.4, -0.2) is 37.5 Å². The van der Waals surface area contributed by atoms with E-state index in [0.717, 1.165) is 22.5 Å². The summed E-state index contributed by atoms with van der Waals surface area (Å²) in [5.74, 6) is -0.591. The summed E-state index contributed by atoms with van der Waals surface area (Å²) in [5, 5.41) is 8.79. The first-order valence-corrected chi connectivity index (χ1v) is 6.53. The Morgan fingerprint density at radius 3 is 2.59 bits per heavy atom. The summed E-state index contributed by atoms with van der Waals surface area (Å²) in [4.78, 5) is -0.144. The predicted molar refractivity (Wildman–Crippen MR) is 62.3 cm³/mol. The second-order valence-electron chi connectivity index (χ2n) is 3.40. The molecule has 7 heteroatoms. The summed E-state index contributed by atoms with van der Waals surface area (Å²) in [6, 6.07) is 3.12. The third-order valence-corrected chi connectivity index (χ3v) is 4.34. The molecule has 0 atom stereocenters. The molecular weight excluding hydrogens is 247 g/mol. The number of aliphatic hydroxyl groups is 1. The molecule has 0 heterocycles. The molecule has 0 spiro atoms. The number of sulfonamides is 1. The van der Waals surface area contributed by atoms with Crippen LogP contribution < -0.4 is 5.73 Å². The molecular formula is C10H15FN2O3S. The zero-order valence-corrected chi connectivity index (χ0v) is 10.2. The normalized spacial score (nSPS) is 12.0. The fourth-order valence-electron chi connectivity index (χ4n) is 1.45. The average molecular weight is 262 g/mol. The van der Waals surface area contributed by atoms with Gasteiger partial charge in [-0.25, -0.2) is 12.8 Å². The summed E-state index contributed by atoms with van der Waals surface area (Å²) in [6.45, 7) is 1.55. The van der Waals surface area contributed by atoms with E-state index in [1.165, 1.54) is 0 Å². The Labute approximate surface area is 99.7 Å². The summed E-state index contributed by atoms with van der Waals surface area (Å²) >= 11 is 0. The van der Waals surface area contributed by atoms with Gasteiger partial charge in [-0.2, -0.15) is 4.31 Å². The fraction of sp³-hybridized carbons (Fsp3) is 0.400. The minimum atomic E-state index is -3.78. The SMILES string of the molecule is CCN(CCO)S(=O)(=O)c1ccc(F)cc1N. The summed E-state index contributed by atoms with van der Waals surface area (Å²) < 4.78 is 38.1. The van der Waals surface area contributed by atoms with Gasteiger partial charge in [0.25, 0.3) is 0 Å². The van der Waals surface area contributed by atoms with Crippen LogP contribution in [0.4, 0.5) is 10.1 Å². The Morgan fingerprint density at radius 1 is 1.47 bits per heavy atom. The molecule has 1 rings (SSSR count). The van der Waals surface area contributed by atoms with Crippen molar-refractivity contribution in [2.24, 2.45) is 0 Å². The van der Waals surface area contributed by atoms with Gasteiger partial charge in [-0.15, -0.1) is 0 Å². The van der Waals surface area contributed by atoms with Gasteiger partial charge in [0.1, 0.15) is 10.7 Å². The molecule has 0 aliphatic carbocycles. The van der Waals surface area contributed by atoms with Gasteiger partial charge in [0.15, 0.2) is 0 Å². The topological polar surface area (TPSA) is 83.6 Å². The number of hydrogen-bond donors (Lipinski definition) is 2. The van der Waals surface area contributed by atoms with E-state index in [1.54, 1.807) is 6.92 Å². The third-order valence-electron chi connectivity index (χ3n) is 2.29. The number of rotatable bonds is 5. The van der Waals surface area contributed by atoms with E-state index in [2.05, 4.69) is 0 Å². The molecule has 1 aromatic rings. The molecule has 17 heavy (non-hydrogen) atoms. The van der Waals surface area contributed by atoms with Gasteiger partial charge < -0.3 is 10.8 Å². The third kappa shape index (κ3) is 2.93. The highest BCUT2D eigenvalue weighted by Crippen LogP contribution is 2.22. The Kier molecular flexibility index (Phi) is 4.44. The molecule has 0 saturated carbocycles. The maximum absolute atomic E-state index is 12.8. The monoisotopic (exact) mass is 262 g/mol. The Morgan fingerprint density at radius 2 is 2.12 bits per heavy atom. The van der Waals surface area contributed by atoms with Crippen LogP contribution in [0.2, 0.25) is 0 Å². The van der Waals surface area contributed by atoms with Gasteiger partial charge in [0.2, 0.25) is 10.0 Å². The average Bonchev–Trinajstić information content (AvgIpc) is 2.24. The zero-order chi connectivity index (χ0) is 13.1. The molecule has 0 saturated heterocycles. The molecule has 0 amide bonds. The van der Waals surface area contributed by atoms with Crippen molar-refractivity contribution < 1.29 is 17.9 Å². The number of halogens is 1. The maximum atomic E-state index is 12.8. The van der Waals surface area contributed by atoms with Gasteiger partial charge in [-0.1, -0.05) is 6.92 Å². The number of nitrogen functional groups attached to an aromatic ring is 1. The molecule has 1 aromatic carbocycles. The van der Waals surface area contributed by atoms with E-state index in [0.29, 0.717) is 0 Å². The highest BCUT2D eigenvalue weighted by Gasteiger charge is 2.24. The minimum absolute atomic E-state index is 0.0182. The van der Waals surface area contributed by atoms with Crippen LogP contribution in [0.5, 0.6) is 0 Å². The first-order valence-electron chi connectivity index (χ1n) is 5.09. The van der Waals surface area contributed by atoms with Crippen molar-refractivity contribution in [3.63, 3.8) is 0 Å². The van der Waals surface area contributed by atoms with Gasteiger partial charge in [-0.05, 0) is 18.2 Å². The van der Waals surface area contributed by atoms with Crippen LogP contribution in [0.1, 0.15) is 6.92 Å². The standard InChI is InChI=1S/C10H15FN2O3S/c1-2-13(5-6-14)17(15,16)10-4-3-8(11)7-9(10)12/h3-4,7,14H,2,5-6,12H2,1H3. The first-order chi connectivity index (χ1) is 7.93. The molecule has 3 N–H and O–H groups in total. The maximum Gasteiger partial charge on any atom is 0.245 e. The van der Waals surface area contributed by atoms with E-state index in [-0.39, 0.29) is 30.3 Å². The van der Waals surface area contributed by atoms with Crippen molar-refractivity contribution in [1.82, 2.24) is 4.31 Å². The fourth-order valence-corrected chi connectivity index (χ4v) is 2.99. The van der Waals surface area contributed by atoms with Gasteiger partial charge in [0.05, 0.1) is 12.3 Å². The number of aliphatic hydroxyl groups excluding tert-OH is 1. The van der Waals surface area contributed by atoms with Gasteiger partial charge in [-0.3, -0.25) is 0 Å². The van der Waals surface area contributed by atoms with E-state index in [1.807, 2.05) is 0 Å². The number of nitrogens with zero attached hydrogens (tertiary/aromatic N) is 1. The Balaban J connectivity index is 3.20. The van der Waals surface area contributed by atoms with Gasteiger partial charge >= 0.3 is 0 Å². The van der Waals surface area contributed by atoms with Crippen molar-refractivity contribution in [3.8, 4) is 0 Å². The Bertz CT molecular complexity index is 490. The largest absolute Gasteiger partial charge is 0.398 e. The second-order valence-corrected chi connectivity index (χ2v) is 5.31. The first kappa shape index (κ1) is 13.9.